The summed E-state index contributed by atoms with van der Waals surface area (Å²) in [5, 5.41) is 0. The van der Waals surface area contributed by atoms with Gasteiger partial charge in [0, 0.05) is 5.56 Å². The van der Waals surface area contributed by atoms with Gasteiger partial charge in [-0.05, 0) is 19.1 Å². The molecule has 0 spiro atoms. The number of piperazine rings is 1. The van der Waals surface area contributed by atoms with E-state index in [0.717, 1.165) is 26.2 Å². The van der Waals surface area contributed by atoms with E-state index in [-0.39, 0.29) is 5.54 Å². The summed E-state index contributed by atoms with van der Waals surface area (Å²) in [6.07, 6.45) is 0. The number of hydrogen-bond donors (Lipinski definition) is 3. The number of rotatable bonds is 6. The fourth-order valence-electron chi connectivity index (χ4n) is 3.69. The van der Waals surface area contributed by atoms with E-state index < -0.39 is 10.0 Å². The second-order valence-corrected chi connectivity index (χ2v) is 9.16. The minimum absolute atomic E-state index is 0.302. The fourth-order valence-corrected chi connectivity index (χ4v) is 4.85. The average Bonchev–Trinajstić information content (AvgIpc) is 2.68. The number of quaternary nitrogens is 2. The molecule has 1 aliphatic rings. The van der Waals surface area contributed by atoms with Crippen molar-refractivity contribution in [3.05, 3.63) is 66.2 Å². The van der Waals surface area contributed by atoms with E-state index in [1.807, 2.05) is 24.3 Å². The van der Waals surface area contributed by atoms with E-state index in [0.29, 0.717) is 11.4 Å². The lowest BCUT2D eigenvalue weighted by Crippen LogP contribution is -3.30. The second-order valence-electron chi connectivity index (χ2n) is 7.40. The minimum atomic E-state index is -3.52. The zero-order valence-corrected chi connectivity index (χ0v) is 16.4. The van der Waals surface area contributed by atoms with E-state index in [1.165, 1.54) is 15.4 Å². The van der Waals surface area contributed by atoms with Gasteiger partial charge in [-0.25, -0.2) is 13.1 Å². The molecule has 3 rings (SSSR count). The lowest BCUT2D eigenvalue weighted by atomic mass is 9.89. The van der Waals surface area contributed by atoms with E-state index >= 15 is 0 Å². The molecule has 1 atom stereocenters. The van der Waals surface area contributed by atoms with Crippen molar-refractivity contribution in [1.82, 2.24) is 4.72 Å². The van der Waals surface area contributed by atoms with Crippen LogP contribution in [-0.4, -0.2) is 48.2 Å². The second kappa shape index (κ2) is 7.88. The third-order valence-electron chi connectivity index (χ3n) is 5.57. The van der Waals surface area contributed by atoms with Crippen molar-refractivity contribution in [1.29, 1.82) is 0 Å². The van der Waals surface area contributed by atoms with Crippen LogP contribution in [0, 0.1) is 0 Å². The van der Waals surface area contributed by atoms with Crippen LogP contribution in [0.4, 0.5) is 0 Å². The van der Waals surface area contributed by atoms with E-state index in [4.69, 9.17) is 0 Å². The SMILES string of the molecule is C[NH+]1CC[NH+]([C@@](C)(CNS(=O)(=O)c2ccccc2)c2ccccc2)CC1. The van der Waals surface area contributed by atoms with Crippen molar-refractivity contribution in [3.8, 4) is 0 Å². The summed E-state index contributed by atoms with van der Waals surface area (Å²) in [5.41, 5.74) is 0.870. The van der Waals surface area contributed by atoms with Crippen LogP contribution in [0.1, 0.15) is 12.5 Å². The van der Waals surface area contributed by atoms with Crippen molar-refractivity contribution in [2.75, 3.05) is 39.8 Å². The van der Waals surface area contributed by atoms with Gasteiger partial charge in [0.15, 0.2) is 0 Å². The Hall–Kier alpha value is -1.73. The number of sulfonamides is 1. The van der Waals surface area contributed by atoms with Crippen molar-refractivity contribution in [2.45, 2.75) is 17.4 Å². The highest BCUT2D eigenvalue weighted by atomic mass is 32.2. The monoisotopic (exact) mass is 375 g/mol. The average molecular weight is 376 g/mol. The van der Waals surface area contributed by atoms with Crippen LogP contribution in [0.25, 0.3) is 0 Å². The van der Waals surface area contributed by atoms with Crippen LogP contribution in [0.15, 0.2) is 65.6 Å². The minimum Gasteiger partial charge on any atom is -0.328 e. The Morgan fingerprint density at radius 1 is 0.923 bits per heavy atom. The Kier molecular flexibility index (Phi) is 5.77. The lowest BCUT2D eigenvalue weighted by molar-refractivity contribution is -1.03. The topological polar surface area (TPSA) is 55.1 Å². The van der Waals surface area contributed by atoms with Gasteiger partial charge in [0.1, 0.15) is 31.7 Å². The van der Waals surface area contributed by atoms with Gasteiger partial charge in [-0.2, -0.15) is 0 Å². The predicted molar refractivity (Wildman–Crippen MR) is 103 cm³/mol. The molecule has 5 nitrogen and oxygen atoms in total. The Labute approximate surface area is 156 Å². The molecule has 0 saturated carbocycles. The summed E-state index contributed by atoms with van der Waals surface area (Å²) < 4.78 is 28.3. The first kappa shape index (κ1) is 19.0. The van der Waals surface area contributed by atoms with Crippen LogP contribution < -0.4 is 14.5 Å². The van der Waals surface area contributed by atoms with Crippen LogP contribution >= 0.6 is 0 Å². The molecule has 0 aliphatic carbocycles. The molecule has 0 aromatic heterocycles. The maximum Gasteiger partial charge on any atom is 0.240 e. The van der Waals surface area contributed by atoms with Crippen molar-refractivity contribution >= 4 is 10.0 Å². The summed E-state index contributed by atoms with van der Waals surface area (Å²) >= 11 is 0. The van der Waals surface area contributed by atoms with E-state index in [1.54, 1.807) is 24.3 Å². The number of likely N-dealkylation sites (N-methyl/N-ethyl adjacent to an activating group) is 1. The third-order valence-corrected chi connectivity index (χ3v) is 6.98. The first-order valence-corrected chi connectivity index (χ1v) is 10.7. The summed E-state index contributed by atoms with van der Waals surface area (Å²) in [5.74, 6) is 0. The maximum absolute atomic E-state index is 12.7. The van der Waals surface area contributed by atoms with Gasteiger partial charge < -0.3 is 9.80 Å². The maximum atomic E-state index is 12.7. The first-order chi connectivity index (χ1) is 12.4. The van der Waals surface area contributed by atoms with Gasteiger partial charge in [0.05, 0.1) is 18.5 Å². The van der Waals surface area contributed by atoms with E-state index in [9.17, 15) is 8.42 Å². The standard InChI is InChI=1S/C20H27N3O2S/c1-20(18-9-5-3-6-10-18,23-15-13-22(2)14-16-23)17-21-26(24,25)19-11-7-4-8-12-19/h3-12,21H,13-17H2,1-2H3/p+2/t20-/m0/s1. The summed E-state index contributed by atoms with van der Waals surface area (Å²) in [6, 6.07) is 18.9. The van der Waals surface area contributed by atoms with Crippen LogP contribution in [-0.2, 0) is 15.6 Å². The molecule has 0 radical (unpaired) electrons. The molecule has 26 heavy (non-hydrogen) atoms. The van der Waals surface area contributed by atoms with Gasteiger partial charge >= 0.3 is 0 Å². The highest BCUT2D eigenvalue weighted by Gasteiger charge is 2.41. The molecule has 3 N–H and O–H groups in total. The third kappa shape index (κ3) is 4.15. The van der Waals surface area contributed by atoms with Crippen LogP contribution in [0.2, 0.25) is 0 Å². The summed E-state index contributed by atoms with van der Waals surface area (Å²) in [7, 11) is -1.30. The Bertz CT molecular complexity index is 803. The van der Waals surface area contributed by atoms with Gasteiger partial charge in [-0.3, -0.25) is 0 Å². The van der Waals surface area contributed by atoms with E-state index in [2.05, 4.69) is 30.8 Å². The summed E-state index contributed by atoms with van der Waals surface area (Å²) in [4.78, 5) is 3.28. The predicted octanol–water partition coefficient (Wildman–Crippen LogP) is -0.706. The Morgan fingerprint density at radius 2 is 1.46 bits per heavy atom. The smallest absolute Gasteiger partial charge is 0.240 e. The molecule has 1 fully saturated rings. The molecule has 140 valence electrons. The molecule has 2 aromatic rings. The fraction of sp³-hybridized carbons (Fsp3) is 0.400. The lowest BCUT2D eigenvalue weighted by Gasteiger charge is -2.41. The van der Waals surface area contributed by atoms with Gasteiger partial charge in [-0.1, -0.05) is 48.5 Å². The number of benzene rings is 2. The Morgan fingerprint density at radius 3 is 2.04 bits per heavy atom. The quantitative estimate of drug-likeness (QED) is 0.625. The molecule has 1 aliphatic heterocycles. The van der Waals surface area contributed by atoms with Gasteiger partial charge in [0.25, 0.3) is 0 Å². The largest absolute Gasteiger partial charge is 0.328 e. The number of nitrogens with one attached hydrogen (secondary N) is 3. The van der Waals surface area contributed by atoms with Crippen LogP contribution in [0.3, 0.4) is 0 Å². The summed E-state index contributed by atoms with van der Waals surface area (Å²) in [6.45, 7) is 6.81. The molecule has 0 unspecified atom stereocenters. The molecule has 6 heteroatoms. The van der Waals surface area contributed by atoms with Gasteiger partial charge in [-0.15, -0.1) is 0 Å². The van der Waals surface area contributed by atoms with Crippen LogP contribution in [0.5, 0.6) is 0 Å². The molecule has 2 aromatic carbocycles. The van der Waals surface area contributed by atoms with Gasteiger partial charge in [0.2, 0.25) is 10.0 Å². The van der Waals surface area contributed by atoms with Crippen molar-refractivity contribution < 1.29 is 18.2 Å². The van der Waals surface area contributed by atoms with Crippen molar-refractivity contribution in [2.24, 2.45) is 0 Å². The highest BCUT2D eigenvalue weighted by molar-refractivity contribution is 7.89. The highest BCUT2D eigenvalue weighted by Crippen LogP contribution is 2.18. The molecular weight excluding hydrogens is 346 g/mol. The number of hydrogen-bond acceptors (Lipinski definition) is 2. The normalized spacial score (nSPS) is 23.3. The first-order valence-electron chi connectivity index (χ1n) is 9.18. The zero-order valence-electron chi connectivity index (χ0n) is 15.5. The Balaban J connectivity index is 1.85. The molecule has 0 bridgehead atoms. The molecule has 0 amide bonds. The zero-order chi connectivity index (χ0) is 18.6. The molecule has 1 heterocycles. The molecular formula is C20H29N3O2S+2. The van der Waals surface area contributed by atoms with Crippen molar-refractivity contribution in [3.63, 3.8) is 0 Å². The molecule has 1 saturated heterocycles.